The van der Waals surface area contributed by atoms with Crippen LogP contribution in [0.3, 0.4) is 0 Å². The summed E-state index contributed by atoms with van der Waals surface area (Å²) in [6.45, 7) is 1.93. The van der Waals surface area contributed by atoms with E-state index >= 15 is 0 Å². The maximum absolute atomic E-state index is 12.6. The molecule has 2 aromatic carbocycles. The van der Waals surface area contributed by atoms with E-state index in [1.807, 2.05) is 55.5 Å². The number of carbonyl (C=O) groups is 1. The monoisotopic (exact) mass is 308 g/mol. The minimum atomic E-state index is -0.0349. The molecule has 3 N–H and O–H groups in total. The van der Waals surface area contributed by atoms with E-state index in [-0.39, 0.29) is 5.78 Å². The average molecular weight is 308 g/mol. The number of nitrogens with two attached hydrogens (primary N) is 1. The minimum Gasteiger partial charge on any atom is -0.397 e. The van der Waals surface area contributed by atoms with Crippen LogP contribution in [0.4, 0.5) is 16.4 Å². The van der Waals surface area contributed by atoms with Gasteiger partial charge in [0.1, 0.15) is 4.88 Å². The van der Waals surface area contributed by atoms with Crippen LogP contribution in [-0.2, 0) is 0 Å². The van der Waals surface area contributed by atoms with Crippen molar-refractivity contribution < 1.29 is 4.79 Å². The van der Waals surface area contributed by atoms with Crippen molar-refractivity contribution in [2.75, 3.05) is 11.1 Å². The normalized spacial score (nSPS) is 10.4. The smallest absolute Gasteiger partial charge is 0.205 e. The van der Waals surface area contributed by atoms with Crippen molar-refractivity contribution in [3.05, 3.63) is 76.7 Å². The number of carbonyl (C=O) groups excluding carboxylic acids is 1. The standard InChI is InChI=1S/C18H16N2OS/c1-12-15(19)17(16(21)13-8-4-2-5-9-13)22-18(12)20-14-10-6-3-7-11-14/h2-11,20H,19H2,1H3. The number of nitrogen functional groups attached to an aromatic ring is 1. The second-order valence-corrected chi connectivity index (χ2v) is 6.01. The van der Waals surface area contributed by atoms with Crippen LogP contribution < -0.4 is 11.1 Å². The van der Waals surface area contributed by atoms with Gasteiger partial charge < -0.3 is 11.1 Å². The van der Waals surface area contributed by atoms with Crippen LogP contribution in [0.5, 0.6) is 0 Å². The Hall–Kier alpha value is -2.59. The Labute approximate surface area is 133 Å². The van der Waals surface area contributed by atoms with Crippen molar-refractivity contribution >= 4 is 33.5 Å². The van der Waals surface area contributed by atoms with Crippen LogP contribution in [0.15, 0.2) is 60.7 Å². The first-order valence-corrected chi connectivity index (χ1v) is 7.79. The number of thiophene rings is 1. The molecule has 3 rings (SSSR count). The zero-order valence-electron chi connectivity index (χ0n) is 12.2. The molecule has 4 heteroatoms. The van der Waals surface area contributed by atoms with Gasteiger partial charge in [0.2, 0.25) is 5.78 Å². The first kappa shape index (κ1) is 14.4. The van der Waals surface area contributed by atoms with Crippen LogP contribution in [0.2, 0.25) is 0 Å². The quantitative estimate of drug-likeness (QED) is 0.692. The van der Waals surface area contributed by atoms with E-state index in [0.29, 0.717) is 16.1 Å². The fraction of sp³-hybridized carbons (Fsp3) is 0.0556. The molecule has 0 atom stereocenters. The second-order valence-electron chi connectivity index (χ2n) is 4.99. The molecule has 0 saturated heterocycles. The number of rotatable bonds is 4. The van der Waals surface area contributed by atoms with Crippen molar-refractivity contribution in [1.82, 2.24) is 0 Å². The first-order valence-electron chi connectivity index (χ1n) is 6.97. The predicted octanol–water partition coefficient (Wildman–Crippen LogP) is 4.61. The van der Waals surface area contributed by atoms with Gasteiger partial charge in [0.25, 0.3) is 0 Å². The third kappa shape index (κ3) is 2.73. The van der Waals surface area contributed by atoms with E-state index in [4.69, 9.17) is 5.73 Å². The van der Waals surface area contributed by atoms with Crippen LogP contribution in [0, 0.1) is 6.92 Å². The molecule has 0 unspecified atom stereocenters. The predicted molar refractivity (Wildman–Crippen MR) is 93.1 cm³/mol. The highest BCUT2D eigenvalue weighted by atomic mass is 32.1. The van der Waals surface area contributed by atoms with Gasteiger partial charge in [-0.2, -0.15) is 0 Å². The number of hydrogen-bond donors (Lipinski definition) is 2. The molecule has 0 aliphatic rings. The van der Waals surface area contributed by atoms with Gasteiger partial charge in [-0.25, -0.2) is 0 Å². The van der Waals surface area contributed by atoms with Crippen molar-refractivity contribution in [3.8, 4) is 0 Å². The highest BCUT2D eigenvalue weighted by Crippen LogP contribution is 2.37. The Morgan fingerprint density at radius 1 is 1.00 bits per heavy atom. The molecule has 0 aliphatic heterocycles. The molecule has 0 radical (unpaired) electrons. The van der Waals surface area contributed by atoms with Crippen molar-refractivity contribution in [2.45, 2.75) is 6.92 Å². The number of benzene rings is 2. The summed E-state index contributed by atoms with van der Waals surface area (Å²) in [6, 6.07) is 19.1. The number of anilines is 3. The third-order valence-corrected chi connectivity index (χ3v) is 4.69. The van der Waals surface area contributed by atoms with E-state index in [0.717, 1.165) is 16.3 Å². The molecule has 0 bridgehead atoms. The summed E-state index contributed by atoms with van der Waals surface area (Å²) >= 11 is 1.40. The Balaban J connectivity index is 1.94. The summed E-state index contributed by atoms with van der Waals surface area (Å²) in [5.41, 5.74) is 9.24. The zero-order valence-corrected chi connectivity index (χ0v) is 13.0. The number of para-hydroxylation sites is 1. The van der Waals surface area contributed by atoms with Gasteiger partial charge in [-0.05, 0) is 19.1 Å². The maximum Gasteiger partial charge on any atom is 0.205 e. The number of ketones is 1. The van der Waals surface area contributed by atoms with E-state index in [9.17, 15) is 4.79 Å². The van der Waals surface area contributed by atoms with E-state index in [1.54, 1.807) is 12.1 Å². The first-order chi connectivity index (χ1) is 10.7. The summed E-state index contributed by atoms with van der Waals surface area (Å²) in [5.74, 6) is -0.0349. The van der Waals surface area contributed by atoms with Gasteiger partial charge in [0, 0.05) is 16.8 Å². The van der Waals surface area contributed by atoms with Crippen molar-refractivity contribution in [3.63, 3.8) is 0 Å². The van der Waals surface area contributed by atoms with Gasteiger partial charge >= 0.3 is 0 Å². The Morgan fingerprint density at radius 3 is 2.23 bits per heavy atom. The largest absolute Gasteiger partial charge is 0.397 e. The van der Waals surface area contributed by atoms with E-state index in [2.05, 4.69) is 5.32 Å². The second kappa shape index (κ2) is 6.03. The lowest BCUT2D eigenvalue weighted by Gasteiger charge is -2.04. The molecule has 3 nitrogen and oxygen atoms in total. The molecule has 0 fully saturated rings. The van der Waals surface area contributed by atoms with Gasteiger partial charge in [0.05, 0.1) is 10.7 Å². The van der Waals surface area contributed by atoms with Crippen molar-refractivity contribution in [2.24, 2.45) is 0 Å². The lowest BCUT2D eigenvalue weighted by atomic mass is 10.1. The van der Waals surface area contributed by atoms with Crippen LogP contribution in [0.25, 0.3) is 0 Å². The molecule has 3 aromatic rings. The minimum absolute atomic E-state index is 0.0349. The zero-order chi connectivity index (χ0) is 15.5. The fourth-order valence-corrected chi connectivity index (χ4v) is 3.30. The highest BCUT2D eigenvalue weighted by molar-refractivity contribution is 7.19. The molecule has 22 heavy (non-hydrogen) atoms. The molecular weight excluding hydrogens is 292 g/mol. The van der Waals surface area contributed by atoms with Gasteiger partial charge in [0.15, 0.2) is 0 Å². The molecule has 0 aliphatic carbocycles. The molecule has 0 spiro atoms. The summed E-state index contributed by atoms with van der Waals surface area (Å²) < 4.78 is 0. The fourth-order valence-electron chi connectivity index (χ4n) is 2.19. The van der Waals surface area contributed by atoms with Crippen LogP contribution in [-0.4, -0.2) is 5.78 Å². The van der Waals surface area contributed by atoms with Gasteiger partial charge in [-0.3, -0.25) is 4.79 Å². The summed E-state index contributed by atoms with van der Waals surface area (Å²) in [7, 11) is 0. The lowest BCUT2D eigenvalue weighted by Crippen LogP contribution is -2.02. The maximum atomic E-state index is 12.6. The van der Waals surface area contributed by atoms with E-state index in [1.165, 1.54) is 11.3 Å². The molecule has 110 valence electrons. The molecule has 0 amide bonds. The van der Waals surface area contributed by atoms with Gasteiger partial charge in [-0.15, -0.1) is 11.3 Å². The SMILES string of the molecule is Cc1c(Nc2ccccc2)sc(C(=O)c2ccccc2)c1N. The Kier molecular flexibility index (Phi) is 3.94. The molecule has 1 heterocycles. The molecule has 1 aromatic heterocycles. The lowest BCUT2D eigenvalue weighted by molar-refractivity contribution is 0.104. The summed E-state index contributed by atoms with van der Waals surface area (Å²) in [5, 5.41) is 4.23. The highest BCUT2D eigenvalue weighted by Gasteiger charge is 2.19. The summed E-state index contributed by atoms with van der Waals surface area (Å²) in [4.78, 5) is 13.2. The Morgan fingerprint density at radius 2 is 1.59 bits per heavy atom. The molecule has 0 saturated carbocycles. The van der Waals surface area contributed by atoms with Gasteiger partial charge in [-0.1, -0.05) is 48.5 Å². The van der Waals surface area contributed by atoms with Crippen molar-refractivity contribution in [1.29, 1.82) is 0 Å². The van der Waals surface area contributed by atoms with Crippen LogP contribution >= 0.6 is 11.3 Å². The third-order valence-electron chi connectivity index (χ3n) is 3.47. The topological polar surface area (TPSA) is 55.1 Å². The number of nitrogens with one attached hydrogen (secondary N) is 1. The van der Waals surface area contributed by atoms with E-state index < -0.39 is 0 Å². The Bertz CT molecular complexity index is 795. The average Bonchev–Trinajstić information content (AvgIpc) is 2.84. The molecular formula is C18H16N2OS. The summed E-state index contributed by atoms with van der Waals surface area (Å²) in [6.07, 6.45) is 0. The number of hydrogen-bond acceptors (Lipinski definition) is 4. The van der Waals surface area contributed by atoms with Crippen LogP contribution in [0.1, 0.15) is 20.8 Å².